The van der Waals surface area contributed by atoms with Crippen molar-refractivity contribution in [3.63, 3.8) is 0 Å². The summed E-state index contributed by atoms with van der Waals surface area (Å²) in [6, 6.07) is 7.10. The molecule has 0 fully saturated rings. The average Bonchev–Trinajstić information content (AvgIpc) is 2.70. The van der Waals surface area contributed by atoms with Crippen LogP contribution in [0.25, 0.3) is 6.08 Å². The molecule has 1 heterocycles. The summed E-state index contributed by atoms with van der Waals surface area (Å²) >= 11 is 0. The zero-order chi connectivity index (χ0) is 20.7. The third-order valence-electron chi connectivity index (χ3n) is 4.20. The number of ether oxygens (including phenoxy) is 3. The minimum atomic E-state index is -0.607. The predicted octanol–water partition coefficient (Wildman–Crippen LogP) is 2.50. The second-order valence-electron chi connectivity index (χ2n) is 5.93. The number of amides is 2. The Morgan fingerprint density at radius 3 is 2.57 bits per heavy atom. The van der Waals surface area contributed by atoms with E-state index in [1.165, 1.54) is 14.2 Å². The van der Waals surface area contributed by atoms with Gasteiger partial charge in [-0.1, -0.05) is 18.7 Å². The van der Waals surface area contributed by atoms with Crippen LogP contribution in [0.1, 0.15) is 12.5 Å². The molecule has 0 bridgehead atoms. The lowest BCUT2D eigenvalue weighted by molar-refractivity contribution is -0.141. The lowest BCUT2D eigenvalue weighted by atomic mass is 9.93. The number of nitriles is 1. The quantitative estimate of drug-likeness (QED) is 0.390. The average molecular weight is 382 g/mol. The van der Waals surface area contributed by atoms with E-state index in [9.17, 15) is 14.9 Å². The van der Waals surface area contributed by atoms with E-state index in [4.69, 9.17) is 14.2 Å². The molecule has 7 nitrogen and oxygen atoms in total. The van der Waals surface area contributed by atoms with Crippen molar-refractivity contribution in [3.05, 3.63) is 53.1 Å². The monoisotopic (exact) mass is 382 g/mol. The number of methoxy groups -OCH3 is 2. The van der Waals surface area contributed by atoms with Crippen molar-refractivity contribution in [2.45, 2.75) is 6.92 Å². The zero-order valence-electron chi connectivity index (χ0n) is 16.2. The molecule has 1 aromatic carbocycles. The fraction of sp³-hybridized carbons (Fsp3) is 0.286. The van der Waals surface area contributed by atoms with Gasteiger partial charge in [0.05, 0.1) is 20.3 Å². The number of hydrogen-bond donors (Lipinski definition) is 0. The van der Waals surface area contributed by atoms with Crippen LogP contribution < -0.4 is 9.47 Å². The number of nitrogens with zero attached hydrogens (tertiary/aromatic N) is 2. The van der Waals surface area contributed by atoms with Crippen LogP contribution in [-0.2, 0) is 14.3 Å². The summed E-state index contributed by atoms with van der Waals surface area (Å²) in [6.07, 6.45) is 3.25. The van der Waals surface area contributed by atoms with Gasteiger partial charge in [0.25, 0.3) is 11.8 Å². The first-order valence-electron chi connectivity index (χ1n) is 8.58. The largest absolute Gasteiger partial charge is 0.493 e. The van der Waals surface area contributed by atoms with E-state index < -0.39 is 11.8 Å². The van der Waals surface area contributed by atoms with Gasteiger partial charge < -0.3 is 14.2 Å². The molecule has 2 amide bonds. The van der Waals surface area contributed by atoms with Gasteiger partial charge in [0.2, 0.25) is 0 Å². The Hall–Kier alpha value is -3.37. The standard InChI is InChI=1S/C21H22N2O5/c1-5-9-28-18-7-6-15(12-19(18)27-4)11-16-14(2)17(13-22)21(25)23(20(16)24)8-10-26-3/h5-7,11-12H,1,8-10H2,2-4H3/b16-11+. The first kappa shape index (κ1) is 20.9. The highest BCUT2D eigenvalue weighted by Crippen LogP contribution is 2.31. The molecular weight excluding hydrogens is 360 g/mol. The molecule has 0 aromatic heterocycles. The van der Waals surface area contributed by atoms with Crippen molar-refractivity contribution in [3.8, 4) is 17.6 Å². The molecule has 146 valence electrons. The molecule has 0 unspecified atom stereocenters. The molecular formula is C21H22N2O5. The third kappa shape index (κ3) is 4.30. The molecule has 1 aromatic rings. The molecule has 0 atom stereocenters. The highest BCUT2D eigenvalue weighted by Gasteiger charge is 2.35. The summed E-state index contributed by atoms with van der Waals surface area (Å²) < 4.78 is 15.8. The third-order valence-corrected chi connectivity index (χ3v) is 4.20. The Kier molecular flexibility index (Phi) is 7.13. The number of imide groups is 1. The first-order chi connectivity index (χ1) is 13.5. The highest BCUT2D eigenvalue weighted by molar-refractivity contribution is 6.19. The van der Waals surface area contributed by atoms with Gasteiger partial charge in [0, 0.05) is 12.7 Å². The molecule has 2 rings (SSSR count). The lowest BCUT2D eigenvalue weighted by Gasteiger charge is -2.27. The Morgan fingerprint density at radius 2 is 1.96 bits per heavy atom. The minimum absolute atomic E-state index is 0.0557. The zero-order valence-corrected chi connectivity index (χ0v) is 16.2. The molecule has 0 saturated carbocycles. The normalized spacial score (nSPS) is 15.6. The van der Waals surface area contributed by atoms with Crippen molar-refractivity contribution in [1.82, 2.24) is 4.90 Å². The number of rotatable bonds is 8. The SMILES string of the molecule is C=CCOc1ccc(/C=C2/C(=O)N(CCOC)C(=O)C(C#N)=C2C)cc1OC. The summed E-state index contributed by atoms with van der Waals surface area (Å²) in [4.78, 5) is 26.3. The molecule has 0 saturated heterocycles. The van der Waals surface area contributed by atoms with E-state index in [1.54, 1.807) is 37.3 Å². The van der Waals surface area contributed by atoms with Gasteiger partial charge in [0.15, 0.2) is 11.5 Å². The maximum absolute atomic E-state index is 12.9. The van der Waals surface area contributed by atoms with Crippen molar-refractivity contribution in [2.75, 3.05) is 34.0 Å². The Labute approximate surface area is 164 Å². The smallest absolute Gasteiger partial charge is 0.271 e. The van der Waals surface area contributed by atoms with Gasteiger partial charge in [-0.3, -0.25) is 14.5 Å². The van der Waals surface area contributed by atoms with E-state index in [0.717, 1.165) is 4.90 Å². The van der Waals surface area contributed by atoms with Gasteiger partial charge in [-0.15, -0.1) is 0 Å². The fourth-order valence-electron chi connectivity index (χ4n) is 2.72. The van der Waals surface area contributed by atoms with E-state index in [1.807, 2.05) is 6.07 Å². The summed E-state index contributed by atoms with van der Waals surface area (Å²) in [5.74, 6) is -0.0373. The molecule has 0 aliphatic carbocycles. The van der Waals surface area contributed by atoms with Crippen molar-refractivity contribution in [2.24, 2.45) is 0 Å². The van der Waals surface area contributed by atoms with E-state index >= 15 is 0 Å². The molecule has 28 heavy (non-hydrogen) atoms. The van der Waals surface area contributed by atoms with E-state index in [0.29, 0.717) is 29.2 Å². The molecule has 0 N–H and O–H groups in total. The number of carbonyl (C=O) groups is 2. The van der Waals surface area contributed by atoms with Crippen LogP contribution in [0.15, 0.2) is 47.6 Å². The summed E-state index contributed by atoms with van der Waals surface area (Å²) in [6.45, 7) is 5.79. The van der Waals surface area contributed by atoms with Crippen molar-refractivity contribution < 1.29 is 23.8 Å². The maximum atomic E-state index is 12.9. The van der Waals surface area contributed by atoms with Gasteiger partial charge in [-0.2, -0.15) is 5.26 Å². The number of carbonyl (C=O) groups excluding carboxylic acids is 2. The van der Waals surface area contributed by atoms with Gasteiger partial charge >= 0.3 is 0 Å². The van der Waals surface area contributed by atoms with Crippen LogP contribution >= 0.6 is 0 Å². The minimum Gasteiger partial charge on any atom is -0.493 e. The Balaban J connectivity index is 2.48. The van der Waals surface area contributed by atoms with Crippen molar-refractivity contribution >= 4 is 17.9 Å². The van der Waals surface area contributed by atoms with Gasteiger partial charge in [-0.25, -0.2) is 0 Å². The number of hydrogen-bond acceptors (Lipinski definition) is 6. The topological polar surface area (TPSA) is 88.9 Å². The number of benzene rings is 1. The summed E-state index contributed by atoms with van der Waals surface area (Å²) in [5, 5.41) is 9.38. The maximum Gasteiger partial charge on any atom is 0.271 e. The summed E-state index contributed by atoms with van der Waals surface area (Å²) in [5.41, 5.74) is 1.23. The second kappa shape index (κ2) is 9.53. The highest BCUT2D eigenvalue weighted by atomic mass is 16.5. The summed E-state index contributed by atoms with van der Waals surface area (Å²) in [7, 11) is 2.99. The molecule has 7 heteroatoms. The predicted molar refractivity (Wildman–Crippen MR) is 104 cm³/mol. The van der Waals surface area contributed by atoms with Crippen LogP contribution in [0.2, 0.25) is 0 Å². The fourth-order valence-corrected chi connectivity index (χ4v) is 2.72. The second-order valence-corrected chi connectivity index (χ2v) is 5.93. The Morgan fingerprint density at radius 1 is 1.21 bits per heavy atom. The molecule has 0 radical (unpaired) electrons. The van der Waals surface area contributed by atoms with Crippen LogP contribution in [0.3, 0.4) is 0 Å². The van der Waals surface area contributed by atoms with Crippen LogP contribution in [0.5, 0.6) is 11.5 Å². The van der Waals surface area contributed by atoms with Crippen LogP contribution in [0.4, 0.5) is 0 Å². The molecule has 0 spiro atoms. The van der Waals surface area contributed by atoms with Gasteiger partial charge in [0.1, 0.15) is 18.2 Å². The van der Waals surface area contributed by atoms with Crippen LogP contribution in [0, 0.1) is 11.3 Å². The van der Waals surface area contributed by atoms with Crippen LogP contribution in [-0.4, -0.2) is 50.7 Å². The van der Waals surface area contributed by atoms with E-state index in [-0.39, 0.29) is 24.3 Å². The van der Waals surface area contributed by atoms with Crippen molar-refractivity contribution in [1.29, 1.82) is 5.26 Å². The Bertz CT molecular complexity index is 893. The molecule has 1 aliphatic rings. The lowest BCUT2D eigenvalue weighted by Crippen LogP contribution is -2.44. The molecule has 1 aliphatic heterocycles. The van der Waals surface area contributed by atoms with Gasteiger partial charge in [-0.05, 0) is 36.3 Å². The van der Waals surface area contributed by atoms with E-state index in [2.05, 4.69) is 6.58 Å². The first-order valence-corrected chi connectivity index (χ1v) is 8.58.